The Labute approximate surface area is 93.6 Å². The van der Waals surface area contributed by atoms with E-state index < -0.39 is 0 Å². The van der Waals surface area contributed by atoms with Gasteiger partial charge in [0.2, 0.25) is 0 Å². The molecule has 0 aliphatic carbocycles. The second kappa shape index (κ2) is 9.81. The summed E-state index contributed by atoms with van der Waals surface area (Å²) < 4.78 is 4.58. The van der Waals surface area contributed by atoms with Crippen LogP contribution in [0.5, 0.6) is 0 Å². The molecule has 0 saturated carbocycles. The highest BCUT2D eigenvalue weighted by Gasteiger charge is 2.09. The van der Waals surface area contributed by atoms with Crippen LogP contribution in [0.25, 0.3) is 0 Å². The molecule has 1 unspecified atom stereocenters. The Morgan fingerprint density at radius 3 is 2.40 bits per heavy atom. The molecule has 3 heteroatoms. The number of nitrogens with one attached hydrogen (secondary N) is 1. The number of hydrogen-bond acceptors (Lipinski definition) is 2. The summed E-state index contributed by atoms with van der Waals surface area (Å²) in [6, 6.07) is 0.277. The highest BCUT2D eigenvalue weighted by molar-refractivity contribution is 5.67. The first kappa shape index (κ1) is 14.3. The number of unbranched alkanes of at least 4 members (excludes halogenated alkanes) is 4. The normalized spacial score (nSPS) is 12.2. The molecule has 0 radical (unpaired) electrons. The Morgan fingerprint density at radius 2 is 1.87 bits per heavy atom. The lowest BCUT2D eigenvalue weighted by Gasteiger charge is -2.15. The average molecular weight is 215 g/mol. The van der Waals surface area contributed by atoms with Crippen LogP contribution in [0, 0.1) is 0 Å². The van der Waals surface area contributed by atoms with Gasteiger partial charge in [0.25, 0.3) is 0 Å². The fourth-order valence-electron chi connectivity index (χ4n) is 1.60. The molecule has 15 heavy (non-hydrogen) atoms. The summed E-state index contributed by atoms with van der Waals surface area (Å²) in [7, 11) is 1.41. The van der Waals surface area contributed by atoms with E-state index >= 15 is 0 Å². The monoisotopic (exact) mass is 215 g/mol. The highest BCUT2D eigenvalue weighted by atomic mass is 16.5. The number of alkyl carbamates (subject to hydrolysis) is 1. The Kier molecular flexibility index (Phi) is 9.33. The van der Waals surface area contributed by atoms with Gasteiger partial charge in [0, 0.05) is 6.04 Å². The molecule has 90 valence electrons. The third-order valence-electron chi connectivity index (χ3n) is 2.66. The third kappa shape index (κ3) is 8.28. The van der Waals surface area contributed by atoms with Crippen molar-refractivity contribution < 1.29 is 9.53 Å². The highest BCUT2D eigenvalue weighted by Crippen LogP contribution is 2.09. The minimum Gasteiger partial charge on any atom is -0.453 e. The zero-order valence-electron chi connectivity index (χ0n) is 10.3. The van der Waals surface area contributed by atoms with Gasteiger partial charge in [-0.3, -0.25) is 0 Å². The first-order chi connectivity index (χ1) is 7.24. The van der Waals surface area contributed by atoms with E-state index in [0.29, 0.717) is 0 Å². The molecular formula is C12H25NO2. The summed E-state index contributed by atoms with van der Waals surface area (Å²) in [6.07, 6.45) is 8.10. The van der Waals surface area contributed by atoms with Crippen LogP contribution in [0.15, 0.2) is 0 Å². The van der Waals surface area contributed by atoms with Crippen LogP contribution < -0.4 is 5.32 Å². The molecule has 3 nitrogen and oxygen atoms in total. The molecule has 0 aromatic heterocycles. The molecule has 0 saturated heterocycles. The van der Waals surface area contributed by atoms with E-state index in [4.69, 9.17) is 0 Å². The largest absolute Gasteiger partial charge is 0.453 e. The van der Waals surface area contributed by atoms with Crippen LogP contribution in [0.3, 0.4) is 0 Å². The predicted molar refractivity (Wildman–Crippen MR) is 63.0 cm³/mol. The molecule has 0 aromatic rings. The first-order valence-corrected chi connectivity index (χ1v) is 6.09. The van der Waals surface area contributed by atoms with Crippen molar-refractivity contribution in [1.29, 1.82) is 0 Å². The van der Waals surface area contributed by atoms with E-state index in [1.165, 1.54) is 39.2 Å². The van der Waals surface area contributed by atoms with Gasteiger partial charge < -0.3 is 10.1 Å². The van der Waals surface area contributed by atoms with Crippen molar-refractivity contribution >= 4 is 6.09 Å². The van der Waals surface area contributed by atoms with E-state index in [1.807, 2.05) is 0 Å². The molecule has 0 aromatic carbocycles. The SMILES string of the molecule is CCCCCCCC(CC)NC(=O)OC. The van der Waals surface area contributed by atoms with Gasteiger partial charge in [0.15, 0.2) is 0 Å². The van der Waals surface area contributed by atoms with Crippen LogP contribution in [0.4, 0.5) is 4.79 Å². The van der Waals surface area contributed by atoms with E-state index in [2.05, 4.69) is 23.9 Å². The molecule has 0 rings (SSSR count). The van der Waals surface area contributed by atoms with Crippen LogP contribution >= 0.6 is 0 Å². The summed E-state index contributed by atoms with van der Waals surface area (Å²) in [5.41, 5.74) is 0. The van der Waals surface area contributed by atoms with Crippen molar-refractivity contribution in [3.05, 3.63) is 0 Å². The first-order valence-electron chi connectivity index (χ1n) is 6.09. The molecule has 0 aliphatic heterocycles. The molecule has 1 N–H and O–H groups in total. The summed E-state index contributed by atoms with van der Waals surface area (Å²) >= 11 is 0. The Bertz CT molecular complexity index is 160. The number of rotatable bonds is 8. The van der Waals surface area contributed by atoms with Gasteiger partial charge in [0.1, 0.15) is 0 Å². The molecule has 1 amide bonds. The summed E-state index contributed by atoms with van der Waals surface area (Å²) in [6.45, 7) is 4.31. The van der Waals surface area contributed by atoms with Crippen molar-refractivity contribution in [2.24, 2.45) is 0 Å². The van der Waals surface area contributed by atoms with Crippen molar-refractivity contribution in [2.45, 2.75) is 64.8 Å². The molecule has 0 fully saturated rings. The number of methoxy groups -OCH3 is 1. The fraction of sp³-hybridized carbons (Fsp3) is 0.917. The molecule has 1 atom stereocenters. The van der Waals surface area contributed by atoms with Crippen molar-refractivity contribution in [1.82, 2.24) is 5.32 Å². The van der Waals surface area contributed by atoms with Gasteiger partial charge in [-0.2, -0.15) is 0 Å². The lowest BCUT2D eigenvalue weighted by atomic mass is 10.0. The summed E-state index contributed by atoms with van der Waals surface area (Å²) in [5.74, 6) is 0. The minimum atomic E-state index is -0.310. The van der Waals surface area contributed by atoms with Crippen molar-refractivity contribution in [2.75, 3.05) is 7.11 Å². The molecule has 0 bridgehead atoms. The zero-order chi connectivity index (χ0) is 11.5. The minimum absolute atomic E-state index is 0.277. The topological polar surface area (TPSA) is 38.3 Å². The summed E-state index contributed by atoms with van der Waals surface area (Å²) in [4.78, 5) is 11.0. The Hall–Kier alpha value is -0.730. The zero-order valence-corrected chi connectivity index (χ0v) is 10.3. The quantitative estimate of drug-likeness (QED) is 0.629. The second-order valence-electron chi connectivity index (χ2n) is 3.94. The van der Waals surface area contributed by atoms with Gasteiger partial charge >= 0.3 is 6.09 Å². The molecule has 0 heterocycles. The lowest BCUT2D eigenvalue weighted by Crippen LogP contribution is -2.34. The van der Waals surface area contributed by atoms with Crippen LogP contribution in [-0.4, -0.2) is 19.2 Å². The Balaban J connectivity index is 3.48. The lowest BCUT2D eigenvalue weighted by molar-refractivity contribution is 0.165. The van der Waals surface area contributed by atoms with Gasteiger partial charge in [0.05, 0.1) is 7.11 Å². The van der Waals surface area contributed by atoms with Crippen LogP contribution in [0.2, 0.25) is 0 Å². The number of ether oxygens (including phenoxy) is 1. The van der Waals surface area contributed by atoms with Gasteiger partial charge in [-0.25, -0.2) is 4.79 Å². The number of amides is 1. The van der Waals surface area contributed by atoms with Crippen molar-refractivity contribution in [3.8, 4) is 0 Å². The van der Waals surface area contributed by atoms with Crippen molar-refractivity contribution in [3.63, 3.8) is 0 Å². The maximum Gasteiger partial charge on any atom is 0.407 e. The van der Waals surface area contributed by atoms with E-state index in [0.717, 1.165) is 12.8 Å². The van der Waals surface area contributed by atoms with Crippen LogP contribution in [0.1, 0.15) is 58.8 Å². The second-order valence-corrected chi connectivity index (χ2v) is 3.94. The number of carbonyl (C=O) groups is 1. The fourth-order valence-corrected chi connectivity index (χ4v) is 1.60. The molecule has 0 spiro atoms. The molecule has 0 aliphatic rings. The summed E-state index contributed by atoms with van der Waals surface area (Å²) in [5, 5.41) is 2.85. The smallest absolute Gasteiger partial charge is 0.407 e. The molecular weight excluding hydrogens is 190 g/mol. The maximum atomic E-state index is 11.0. The Morgan fingerprint density at radius 1 is 1.20 bits per heavy atom. The maximum absolute atomic E-state index is 11.0. The van der Waals surface area contributed by atoms with E-state index in [-0.39, 0.29) is 12.1 Å². The van der Waals surface area contributed by atoms with Gasteiger partial charge in [-0.05, 0) is 12.8 Å². The number of carbonyl (C=O) groups excluding carboxylic acids is 1. The van der Waals surface area contributed by atoms with Gasteiger partial charge in [-0.1, -0.05) is 46.0 Å². The third-order valence-corrected chi connectivity index (χ3v) is 2.66. The van der Waals surface area contributed by atoms with E-state index in [1.54, 1.807) is 0 Å². The van der Waals surface area contributed by atoms with Gasteiger partial charge in [-0.15, -0.1) is 0 Å². The van der Waals surface area contributed by atoms with Crippen LogP contribution in [-0.2, 0) is 4.74 Å². The predicted octanol–water partition coefficient (Wildman–Crippen LogP) is 3.48. The standard InChI is InChI=1S/C12H25NO2/c1-4-6-7-8-9-10-11(5-2)13-12(14)15-3/h11H,4-10H2,1-3H3,(H,13,14). The van der Waals surface area contributed by atoms with E-state index in [9.17, 15) is 4.79 Å². The number of hydrogen-bond donors (Lipinski definition) is 1. The average Bonchev–Trinajstić information content (AvgIpc) is 2.26.